The lowest BCUT2D eigenvalue weighted by Gasteiger charge is -2.39. The zero-order valence-corrected chi connectivity index (χ0v) is 12.1. The van der Waals surface area contributed by atoms with Crippen molar-refractivity contribution in [1.82, 2.24) is 0 Å². The predicted octanol–water partition coefficient (Wildman–Crippen LogP) is 4.12. The predicted molar refractivity (Wildman–Crippen MR) is 79.7 cm³/mol. The summed E-state index contributed by atoms with van der Waals surface area (Å²) in [7, 11) is 0. The Kier molecular flexibility index (Phi) is 4.00. The molecule has 18 heavy (non-hydrogen) atoms. The van der Waals surface area contributed by atoms with Crippen molar-refractivity contribution in [3.8, 4) is 0 Å². The van der Waals surface area contributed by atoms with E-state index in [0.29, 0.717) is 0 Å². The lowest BCUT2D eigenvalue weighted by Crippen LogP contribution is -2.29. The molecule has 0 atom stereocenters. The molecule has 98 valence electrons. The SMILES string of the molecule is C=C(C=N)C1=C(C)C(N)=C(CC)/C(=C\C)C1(C)C. The van der Waals surface area contributed by atoms with Crippen LogP contribution in [0.15, 0.2) is 46.2 Å². The summed E-state index contributed by atoms with van der Waals surface area (Å²) in [6, 6.07) is 0. The quantitative estimate of drug-likeness (QED) is 0.721. The molecule has 2 heteroatoms. The van der Waals surface area contributed by atoms with E-state index in [0.717, 1.165) is 28.8 Å². The standard InChI is InChI=1S/C16H24N2/c1-7-12-13(8-2)16(5,6)14(10(3)9-17)11(4)15(12)18/h8-9,17H,3,7,18H2,1-2,4-6H3/b13-8+,17-9?. The highest BCUT2D eigenvalue weighted by atomic mass is 14.6. The number of nitrogens with one attached hydrogen (secondary N) is 1. The number of hydrogen-bond acceptors (Lipinski definition) is 2. The zero-order chi connectivity index (χ0) is 14.1. The van der Waals surface area contributed by atoms with Gasteiger partial charge < -0.3 is 11.1 Å². The fraction of sp³-hybridized carbons (Fsp3) is 0.438. The molecule has 0 fully saturated rings. The molecule has 1 rings (SSSR count). The van der Waals surface area contributed by atoms with Crippen LogP contribution in [0.5, 0.6) is 0 Å². The van der Waals surface area contributed by atoms with Gasteiger partial charge >= 0.3 is 0 Å². The van der Waals surface area contributed by atoms with Gasteiger partial charge in [0.2, 0.25) is 0 Å². The van der Waals surface area contributed by atoms with Crippen molar-refractivity contribution in [2.75, 3.05) is 0 Å². The van der Waals surface area contributed by atoms with Crippen molar-refractivity contribution in [3.63, 3.8) is 0 Å². The molecule has 2 nitrogen and oxygen atoms in total. The third-order valence-electron chi connectivity index (χ3n) is 3.87. The monoisotopic (exact) mass is 244 g/mol. The summed E-state index contributed by atoms with van der Waals surface area (Å²) < 4.78 is 0. The van der Waals surface area contributed by atoms with Crippen LogP contribution in [0.3, 0.4) is 0 Å². The molecule has 0 aromatic carbocycles. The molecule has 0 aromatic rings. The third-order valence-corrected chi connectivity index (χ3v) is 3.87. The molecule has 1 aliphatic rings. The molecule has 0 bridgehead atoms. The van der Waals surface area contributed by atoms with Gasteiger partial charge in [0.25, 0.3) is 0 Å². The summed E-state index contributed by atoms with van der Waals surface area (Å²) >= 11 is 0. The molecule has 1 aliphatic carbocycles. The summed E-state index contributed by atoms with van der Waals surface area (Å²) in [6.45, 7) is 14.6. The average molecular weight is 244 g/mol. The van der Waals surface area contributed by atoms with E-state index in [9.17, 15) is 0 Å². The Morgan fingerprint density at radius 1 is 1.44 bits per heavy atom. The number of allylic oxidation sites excluding steroid dienone is 6. The van der Waals surface area contributed by atoms with Gasteiger partial charge in [-0.15, -0.1) is 0 Å². The van der Waals surface area contributed by atoms with E-state index in [1.54, 1.807) is 0 Å². The van der Waals surface area contributed by atoms with Gasteiger partial charge in [-0.05, 0) is 48.1 Å². The summed E-state index contributed by atoms with van der Waals surface area (Å²) in [5.41, 5.74) is 12.4. The average Bonchev–Trinajstić information content (AvgIpc) is 2.32. The summed E-state index contributed by atoms with van der Waals surface area (Å²) in [5, 5.41) is 7.46. The maximum atomic E-state index is 7.46. The van der Waals surface area contributed by atoms with Gasteiger partial charge in [0, 0.05) is 17.3 Å². The van der Waals surface area contributed by atoms with Crippen LogP contribution in [0.25, 0.3) is 0 Å². The first-order chi connectivity index (χ1) is 8.32. The largest absolute Gasteiger partial charge is 0.398 e. The molecule has 3 N–H and O–H groups in total. The van der Waals surface area contributed by atoms with Crippen molar-refractivity contribution in [1.29, 1.82) is 5.41 Å². The Bertz CT molecular complexity index is 485. The van der Waals surface area contributed by atoms with Crippen LogP contribution in [0.1, 0.15) is 41.0 Å². The van der Waals surface area contributed by atoms with E-state index in [1.807, 2.05) is 13.8 Å². The van der Waals surface area contributed by atoms with E-state index in [-0.39, 0.29) is 5.41 Å². The number of hydrogen-bond donors (Lipinski definition) is 2. The first-order valence-corrected chi connectivity index (χ1v) is 6.40. The molecule has 0 radical (unpaired) electrons. The maximum absolute atomic E-state index is 7.46. The van der Waals surface area contributed by atoms with E-state index < -0.39 is 0 Å². The fourth-order valence-electron chi connectivity index (χ4n) is 3.12. The molecule has 0 spiro atoms. The summed E-state index contributed by atoms with van der Waals surface area (Å²) in [4.78, 5) is 0. The van der Waals surface area contributed by atoms with Crippen LogP contribution in [-0.4, -0.2) is 6.21 Å². The van der Waals surface area contributed by atoms with E-state index in [1.165, 1.54) is 17.4 Å². The van der Waals surface area contributed by atoms with Crippen molar-refractivity contribution in [2.45, 2.75) is 41.0 Å². The van der Waals surface area contributed by atoms with Crippen molar-refractivity contribution in [2.24, 2.45) is 11.1 Å². The van der Waals surface area contributed by atoms with E-state index >= 15 is 0 Å². The van der Waals surface area contributed by atoms with Gasteiger partial charge in [-0.25, -0.2) is 0 Å². The maximum Gasteiger partial charge on any atom is 0.0382 e. The highest BCUT2D eigenvalue weighted by Crippen LogP contribution is 2.48. The van der Waals surface area contributed by atoms with Crippen molar-refractivity contribution >= 4 is 6.21 Å². The second kappa shape index (κ2) is 4.97. The second-order valence-electron chi connectivity index (χ2n) is 5.24. The van der Waals surface area contributed by atoms with Gasteiger partial charge in [0.15, 0.2) is 0 Å². The van der Waals surface area contributed by atoms with Crippen LogP contribution >= 0.6 is 0 Å². The second-order valence-corrected chi connectivity index (χ2v) is 5.24. The van der Waals surface area contributed by atoms with E-state index in [4.69, 9.17) is 11.1 Å². The molecule has 0 saturated carbocycles. The van der Waals surface area contributed by atoms with Crippen LogP contribution in [0.4, 0.5) is 0 Å². The molecular formula is C16H24N2. The molecule has 0 aromatic heterocycles. The minimum Gasteiger partial charge on any atom is -0.398 e. The van der Waals surface area contributed by atoms with Crippen LogP contribution < -0.4 is 5.73 Å². The lowest BCUT2D eigenvalue weighted by molar-refractivity contribution is 0.535. The van der Waals surface area contributed by atoms with Gasteiger partial charge in [0.05, 0.1) is 0 Å². The first kappa shape index (κ1) is 14.5. The Morgan fingerprint density at radius 3 is 2.39 bits per heavy atom. The Morgan fingerprint density at radius 2 is 2.00 bits per heavy atom. The molecule has 0 aliphatic heterocycles. The Labute approximate surface area is 110 Å². The molecular weight excluding hydrogens is 220 g/mol. The third kappa shape index (κ3) is 1.96. The van der Waals surface area contributed by atoms with Gasteiger partial charge in [-0.1, -0.05) is 33.4 Å². The van der Waals surface area contributed by atoms with Crippen LogP contribution in [-0.2, 0) is 0 Å². The topological polar surface area (TPSA) is 49.9 Å². The van der Waals surface area contributed by atoms with Crippen LogP contribution in [0.2, 0.25) is 0 Å². The van der Waals surface area contributed by atoms with E-state index in [2.05, 4.69) is 33.4 Å². The summed E-state index contributed by atoms with van der Waals surface area (Å²) in [6.07, 6.45) is 4.38. The Balaban J connectivity index is 3.67. The van der Waals surface area contributed by atoms with Gasteiger partial charge in [-0.3, -0.25) is 0 Å². The zero-order valence-electron chi connectivity index (χ0n) is 12.1. The van der Waals surface area contributed by atoms with Crippen molar-refractivity contribution in [3.05, 3.63) is 46.2 Å². The molecule has 0 heterocycles. The van der Waals surface area contributed by atoms with Gasteiger partial charge in [0.1, 0.15) is 0 Å². The first-order valence-electron chi connectivity index (χ1n) is 6.40. The Hall–Kier alpha value is -1.57. The molecule has 0 amide bonds. The van der Waals surface area contributed by atoms with Crippen LogP contribution in [0, 0.1) is 10.8 Å². The smallest absolute Gasteiger partial charge is 0.0382 e. The summed E-state index contributed by atoms with van der Waals surface area (Å²) in [5.74, 6) is 0. The van der Waals surface area contributed by atoms with Gasteiger partial charge in [-0.2, -0.15) is 0 Å². The van der Waals surface area contributed by atoms with Crippen molar-refractivity contribution < 1.29 is 0 Å². The number of rotatable bonds is 3. The number of nitrogens with two attached hydrogens (primary N) is 1. The highest BCUT2D eigenvalue weighted by molar-refractivity contribution is 5.84. The molecule has 0 saturated heterocycles. The lowest BCUT2D eigenvalue weighted by atomic mass is 9.65. The molecule has 0 unspecified atom stereocenters. The minimum atomic E-state index is -0.137. The normalized spacial score (nSPS) is 21.5. The highest BCUT2D eigenvalue weighted by Gasteiger charge is 2.36. The minimum absolute atomic E-state index is 0.137. The fourth-order valence-corrected chi connectivity index (χ4v) is 3.12.